The maximum Gasteiger partial charge on any atom is 0.573 e. The molecular weight excluding hydrogens is 359 g/mol. The van der Waals surface area contributed by atoms with Crippen molar-refractivity contribution in [3.05, 3.63) is 41.2 Å². The van der Waals surface area contributed by atoms with Crippen LogP contribution in [0.5, 0.6) is 5.75 Å². The Morgan fingerprint density at radius 1 is 1.30 bits per heavy atom. The average Bonchev–Trinajstić information content (AvgIpc) is 2.77. The van der Waals surface area contributed by atoms with Crippen LogP contribution in [0, 0.1) is 19.8 Å². The van der Waals surface area contributed by atoms with Gasteiger partial charge < -0.3 is 10.1 Å². The summed E-state index contributed by atoms with van der Waals surface area (Å²) in [5, 5.41) is 7.12. The number of aromatic nitrogens is 2. The minimum absolute atomic E-state index is 0.208. The van der Waals surface area contributed by atoms with Gasteiger partial charge in [0, 0.05) is 30.4 Å². The van der Waals surface area contributed by atoms with Gasteiger partial charge >= 0.3 is 6.36 Å². The fraction of sp³-hybridized carbons (Fsp3) is 0.474. The number of hydrogen-bond acceptors (Lipinski definition) is 3. The van der Waals surface area contributed by atoms with E-state index in [4.69, 9.17) is 0 Å². The van der Waals surface area contributed by atoms with Gasteiger partial charge in [-0.15, -0.1) is 13.2 Å². The second-order valence-corrected chi connectivity index (χ2v) is 6.85. The van der Waals surface area contributed by atoms with Crippen molar-refractivity contribution in [3.63, 3.8) is 0 Å². The zero-order valence-corrected chi connectivity index (χ0v) is 15.9. The largest absolute Gasteiger partial charge is 0.573 e. The van der Waals surface area contributed by atoms with Gasteiger partial charge in [0.25, 0.3) is 0 Å². The van der Waals surface area contributed by atoms with Crippen LogP contribution >= 0.6 is 0 Å². The molecule has 0 radical (unpaired) electrons. The quantitative estimate of drug-likeness (QED) is 0.759. The zero-order chi connectivity index (χ0) is 20.2. The molecule has 8 heteroatoms. The summed E-state index contributed by atoms with van der Waals surface area (Å²) in [7, 11) is 0. The number of benzene rings is 1. The lowest BCUT2D eigenvalue weighted by Gasteiger charge is -2.11. The highest BCUT2D eigenvalue weighted by Gasteiger charge is 2.31. The van der Waals surface area contributed by atoms with E-state index < -0.39 is 6.36 Å². The number of carbonyl (C=O) groups excluding carboxylic acids is 1. The number of anilines is 1. The van der Waals surface area contributed by atoms with Gasteiger partial charge in [-0.05, 0) is 43.9 Å². The second-order valence-electron chi connectivity index (χ2n) is 6.85. The summed E-state index contributed by atoms with van der Waals surface area (Å²) < 4.78 is 42.7. The molecule has 1 amide bonds. The van der Waals surface area contributed by atoms with Crippen molar-refractivity contribution in [1.29, 1.82) is 0 Å². The molecule has 1 N–H and O–H groups in total. The number of amides is 1. The smallest absolute Gasteiger partial charge is 0.406 e. The summed E-state index contributed by atoms with van der Waals surface area (Å²) in [5.41, 5.74) is 3.21. The predicted octanol–water partition coefficient (Wildman–Crippen LogP) is 4.63. The van der Waals surface area contributed by atoms with Crippen LogP contribution in [0.4, 0.5) is 18.9 Å². The molecule has 0 fully saturated rings. The van der Waals surface area contributed by atoms with E-state index in [0.717, 1.165) is 29.6 Å². The first-order chi connectivity index (χ1) is 12.5. The number of aryl methyl sites for hydroxylation is 1. The molecule has 1 aromatic heterocycles. The maximum atomic E-state index is 12.3. The van der Waals surface area contributed by atoms with Gasteiger partial charge in [0.1, 0.15) is 5.75 Å². The van der Waals surface area contributed by atoms with Crippen LogP contribution < -0.4 is 10.1 Å². The van der Waals surface area contributed by atoms with E-state index in [1.807, 2.05) is 18.5 Å². The first-order valence-corrected chi connectivity index (χ1v) is 8.73. The van der Waals surface area contributed by atoms with E-state index in [2.05, 4.69) is 29.0 Å². The zero-order valence-electron chi connectivity index (χ0n) is 15.9. The Hall–Kier alpha value is -2.51. The molecule has 1 aromatic carbocycles. The van der Waals surface area contributed by atoms with Crippen LogP contribution in [-0.2, 0) is 17.8 Å². The highest BCUT2D eigenvalue weighted by Crippen LogP contribution is 2.25. The molecule has 0 aliphatic carbocycles. The molecule has 0 aliphatic heterocycles. The Kier molecular flexibility index (Phi) is 6.51. The molecule has 0 bridgehead atoms. The number of nitrogens with zero attached hydrogens (tertiary/aromatic N) is 2. The monoisotopic (exact) mass is 383 g/mol. The fourth-order valence-corrected chi connectivity index (χ4v) is 2.85. The van der Waals surface area contributed by atoms with E-state index in [1.165, 1.54) is 18.2 Å². The number of ether oxygens (including phenoxy) is 1. The van der Waals surface area contributed by atoms with Gasteiger partial charge in [-0.25, -0.2) is 0 Å². The van der Waals surface area contributed by atoms with Crippen molar-refractivity contribution in [3.8, 4) is 5.75 Å². The fourth-order valence-electron chi connectivity index (χ4n) is 2.85. The molecule has 0 atom stereocenters. The van der Waals surface area contributed by atoms with Crippen LogP contribution in [0.25, 0.3) is 0 Å². The minimum Gasteiger partial charge on any atom is -0.406 e. The molecule has 0 aliphatic rings. The van der Waals surface area contributed by atoms with Crippen molar-refractivity contribution in [2.75, 3.05) is 5.32 Å². The highest BCUT2D eigenvalue weighted by molar-refractivity contribution is 5.91. The Morgan fingerprint density at radius 3 is 2.63 bits per heavy atom. The molecule has 0 unspecified atom stereocenters. The SMILES string of the molecule is Cc1nn(CC(C)C)c(C)c1CCC(=O)Nc1cccc(OC(F)(F)F)c1. The van der Waals surface area contributed by atoms with E-state index in [-0.39, 0.29) is 23.8 Å². The van der Waals surface area contributed by atoms with Crippen LogP contribution in [-0.4, -0.2) is 22.1 Å². The lowest BCUT2D eigenvalue weighted by molar-refractivity contribution is -0.274. The van der Waals surface area contributed by atoms with E-state index >= 15 is 0 Å². The maximum absolute atomic E-state index is 12.3. The molecule has 2 rings (SSSR count). The summed E-state index contributed by atoms with van der Waals surface area (Å²) >= 11 is 0. The first-order valence-electron chi connectivity index (χ1n) is 8.73. The van der Waals surface area contributed by atoms with Crippen LogP contribution in [0.1, 0.15) is 37.2 Å². The summed E-state index contributed by atoms with van der Waals surface area (Å²) in [4.78, 5) is 12.2. The van der Waals surface area contributed by atoms with Crippen molar-refractivity contribution >= 4 is 11.6 Å². The van der Waals surface area contributed by atoms with E-state index in [1.54, 1.807) is 0 Å². The average molecular weight is 383 g/mol. The normalized spacial score (nSPS) is 11.7. The molecule has 2 aromatic rings. The number of halogens is 3. The summed E-state index contributed by atoms with van der Waals surface area (Å²) in [5.74, 6) is -0.193. The van der Waals surface area contributed by atoms with Gasteiger partial charge in [0.05, 0.1) is 5.69 Å². The van der Waals surface area contributed by atoms with Gasteiger partial charge in [-0.3, -0.25) is 9.48 Å². The molecule has 0 saturated carbocycles. The van der Waals surface area contributed by atoms with Gasteiger partial charge in [0.15, 0.2) is 0 Å². The third-order valence-corrected chi connectivity index (χ3v) is 4.02. The minimum atomic E-state index is -4.77. The Labute approximate surface area is 156 Å². The molecule has 27 heavy (non-hydrogen) atoms. The van der Waals surface area contributed by atoms with Crippen LogP contribution in [0.3, 0.4) is 0 Å². The number of rotatable bonds is 7. The van der Waals surface area contributed by atoms with Crippen molar-refractivity contribution in [2.45, 2.75) is 53.4 Å². The number of alkyl halides is 3. The van der Waals surface area contributed by atoms with Gasteiger partial charge in [-0.1, -0.05) is 19.9 Å². The number of hydrogen-bond donors (Lipinski definition) is 1. The summed E-state index contributed by atoms with van der Waals surface area (Å²) in [6.45, 7) is 8.92. The van der Waals surface area contributed by atoms with Gasteiger partial charge in [0.2, 0.25) is 5.91 Å². The number of carbonyl (C=O) groups is 1. The predicted molar refractivity (Wildman–Crippen MR) is 96.6 cm³/mol. The molecule has 148 valence electrons. The van der Waals surface area contributed by atoms with E-state index in [0.29, 0.717) is 12.3 Å². The highest BCUT2D eigenvalue weighted by atomic mass is 19.4. The molecule has 1 heterocycles. The Morgan fingerprint density at radius 2 is 2.00 bits per heavy atom. The first kappa shape index (κ1) is 20.8. The van der Waals surface area contributed by atoms with Crippen LogP contribution in [0.2, 0.25) is 0 Å². The summed E-state index contributed by atoms with van der Waals surface area (Å²) in [6.07, 6.45) is -4.05. The molecule has 0 spiro atoms. The lowest BCUT2D eigenvalue weighted by atomic mass is 10.1. The van der Waals surface area contributed by atoms with Crippen LogP contribution in [0.15, 0.2) is 24.3 Å². The Balaban J connectivity index is 1.97. The van der Waals surface area contributed by atoms with Gasteiger partial charge in [-0.2, -0.15) is 5.10 Å². The lowest BCUT2D eigenvalue weighted by Crippen LogP contribution is -2.17. The summed E-state index contributed by atoms with van der Waals surface area (Å²) in [6, 6.07) is 5.22. The van der Waals surface area contributed by atoms with Crippen molar-refractivity contribution < 1.29 is 22.7 Å². The topological polar surface area (TPSA) is 56.2 Å². The Bertz CT molecular complexity index is 798. The second kappa shape index (κ2) is 8.45. The molecular formula is C19H24F3N3O2. The molecule has 5 nitrogen and oxygen atoms in total. The van der Waals surface area contributed by atoms with E-state index in [9.17, 15) is 18.0 Å². The van der Waals surface area contributed by atoms with Crippen molar-refractivity contribution in [2.24, 2.45) is 5.92 Å². The van der Waals surface area contributed by atoms with Crippen molar-refractivity contribution in [1.82, 2.24) is 9.78 Å². The standard InChI is InChI=1S/C19H24F3N3O2/c1-12(2)11-25-14(4)17(13(3)24-25)8-9-18(26)23-15-6-5-7-16(10-15)27-19(20,21)22/h5-7,10,12H,8-9,11H2,1-4H3,(H,23,26). The third kappa shape index (κ3) is 6.30. The molecule has 0 saturated heterocycles. The number of nitrogens with one attached hydrogen (secondary N) is 1. The third-order valence-electron chi connectivity index (χ3n) is 4.02.